The van der Waals surface area contributed by atoms with E-state index in [2.05, 4.69) is 0 Å². The molecule has 0 N–H and O–H groups in total. The largest absolute Gasteiger partial charge is 0.287 e. The summed E-state index contributed by atoms with van der Waals surface area (Å²) < 4.78 is 45.0. The number of fused-ring (bicyclic) bond motifs is 1. The highest BCUT2D eigenvalue weighted by Gasteiger charge is 2.27. The Morgan fingerprint density at radius 1 is 0.645 bits per heavy atom. The normalized spacial score (nSPS) is 11.4. The van der Waals surface area contributed by atoms with Crippen molar-refractivity contribution in [1.29, 1.82) is 0 Å². The van der Waals surface area contributed by atoms with Gasteiger partial charge in [-0.25, -0.2) is 18.2 Å². The van der Waals surface area contributed by atoms with Gasteiger partial charge in [0.2, 0.25) is 0 Å². The first-order chi connectivity index (χ1) is 15.1. The van der Waals surface area contributed by atoms with Crippen molar-refractivity contribution in [3.05, 3.63) is 115 Å². The van der Waals surface area contributed by atoms with E-state index in [1.165, 1.54) is 4.57 Å². The van der Waals surface area contributed by atoms with Gasteiger partial charge in [0.25, 0.3) is 0 Å². The Bertz CT molecular complexity index is 1310. The number of hydrogen-bond donors (Lipinski definition) is 0. The molecule has 31 heavy (non-hydrogen) atoms. The Balaban J connectivity index is 1.87. The zero-order valence-electron chi connectivity index (χ0n) is 16.2. The van der Waals surface area contributed by atoms with Gasteiger partial charge in [-0.15, -0.1) is 0 Å². The minimum absolute atomic E-state index is 0.329. The summed E-state index contributed by atoms with van der Waals surface area (Å²) in [5, 5.41) is 1.98. The van der Waals surface area contributed by atoms with E-state index in [0.29, 0.717) is 28.7 Å². The van der Waals surface area contributed by atoms with Gasteiger partial charge in [0.05, 0.1) is 11.0 Å². The molecule has 4 aromatic carbocycles. The first-order valence-corrected chi connectivity index (χ1v) is 11.0. The molecule has 0 unspecified atom stereocenters. The highest BCUT2D eigenvalue weighted by Crippen LogP contribution is 2.36. The number of imidazole rings is 1. The van der Waals surface area contributed by atoms with Crippen LogP contribution in [0.4, 0.5) is 13.2 Å². The van der Waals surface area contributed by atoms with Crippen LogP contribution in [0.5, 0.6) is 0 Å². The van der Waals surface area contributed by atoms with Gasteiger partial charge in [-0.3, -0.25) is 4.57 Å². The van der Waals surface area contributed by atoms with E-state index in [-0.39, 0.29) is 5.69 Å². The molecule has 0 saturated heterocycles. The number of benzene rings is 4. The van der Waals surface area contributed by atoms with Crippen LogP contribution in [0.25, 0.3) is 16.7 Å². The molecule has 0 atom stereocenters. The third kappa shape index (κ3) is 3.51. The van der Waals surface area contributed by atoms with E-state index >= 15 is 0 Å². The number of nitrogens with zero attached hydrogens (tertiary/aromatic N) is 2. The fourth-order valence-corrected chi connectivity index (χ4v) is 5.98. The molecule has 2 nitrogen and oxygen atoms in total. The average molecular weight is 432 g/mol. The molecule has 0 spiro atoms. The lowest BCUT2D eigenvalue weighted by atomic mass is 10.2. The maximum atomic E-state index is 14.9. The maximum Gasteiger partial charge on any atom is 0.153 e. The number of rotatable bonds is 4. The third-order valence-corrected chi connectivity index (χ3v) is 7.31. The Morgan fingerprint density at radius 2 is 1.16 bits per heavy atom. The van der Waals surface area contributed by atoms with Crippen LogP contribution in [0.15, 0.2) is 97.1 Å². The number of halogens is 3. The number of para-hydroxylation sites is 2. The molecular formula is C25H16F3N2P. The SMILES string of the molecule is Fc1cc(F)c(-n2c(P(c3ccccc3)c3ccccc3)nc3ccccc32)c(F)c1. The van der Waals surface area contributed by atoms with E-state index in [0.717, 1.165) is 10.6 Å². The van der Waals surface area contributed by atoms with Crippen molar-refractivity contribution in [3.63, 3.8) is 0 Å². The third-order valence-electron chi connectivity index (χ3n) is 4.98. The van der Waals surface area contributed by atoms with Crippen LogP contribution >= 0.6 is 7.92 Å². The maximum absolute atomic E-state index is 14.9. The fraction of sp³-hybridized carbons (Fsp3) is 0. The Hall–Kier alpha value is -3.43. The van der Waals surface area contributed by atoms with E-state index < -0.39 is 25.4 Å². The Kier molecular flexibility index (Phi) is 5.05. The van der Waals surface area contributed by atoms with Crippen LogP contribution in [-0.2, 0) is 0 Å². The van der Waals surface area contributed by atoms with Crippen LogP contribution in [0.2, 0.25) is 0 Å². The van der Waals surface area contributed by atoms with Crippen LogP contribution in [0.1, 0.15) is 0 Å². The van der Waals surface area contributed by atoms with Crippen molar-refractivity contribution in [2.45, 2.75) is 0 Å². The zero-order chi connectivity index (χ0) is 21.4. The summed E-state index contributed by atoms with van der Waals surface area (Å²) in [5.41, 5.74) is 1.35. The van der Waals surface area contributed by atoms with Crippen molar-refractivity contribution in [3.8, 4) is 5.69 Å². The van der Waals surface area contributed by atoms with E-state index in [4.69, 9.17) is 4.98 Å². The summed E-state index contributed by atoms with van der Waals surface area (Å²) >= 11 is 0. The van der Waals surface area contributed by atoms with Gasteiger partial charge in [-0.1, -0.05) is 72.8 Å². The molecule has 0 aliphatic carbocycles. The summed E-state index contributed by atoms with van der Waals surface area (Å²) in [6.07, 6.45) is 0. The molecule has 5 rings (SSSR count). The monoisotopic (exact) mass is 432 g/mol. The molecule has 1 aromatic heterocycles. The topological polar surface area (TPSA) is 17.8 Å². The smallest absolute Gasteiger partial charge is 0.153 e. The second-order valence-electron chi connectivity index (χ2n) is 6.96. The molecule has 6 heteroatoms. The Labute approximate surface area is 178 Å². The van der Waals surface area contributed by atoms with Crippen LogP contribution in [0, 0.1) is 17.5 Å². The lowest BCUT2D eigenvalue weighted by Crippen LogP contribution is -2.28. The standard InChI is InChI=1S/C25H16F3N2P/c26-17-15-20(27)24(21(28)16-17)30-23-14-8-7-13-22(23)29-25(30)31(18-9-3-1-4-10-18)19-11-5-2-6-12-19/h1-16H. The molecule has 0 aliphatic heterocycles. The molecule has 0 amide bonds. The molecule has 5 aromatic rings. The first kappa shape index (κ1) is 19.5. The van der Waals surface area contributed by atoms with Crippen molar-refractivity contribution in [1.82, 2.24) is 9.55 Å². The van der Waals surface area contributed by atoms with E-state index in [1.54, 1.807) is 18.2 Å². The van der Waals surface area contributed by atoms with Gasteiger partial charge in [-0.05, 0) is 22.7 Å². The lowest BCUT2D eigenvalue weighted by molar-refractivity contribution is 0.536. The average Bonchev–Trinajstić information content (AvgIpc) is 3.14. The molecule has 0 bridgehead atoms. The van der Waals surface area contributed by atoms with E-state index in [1.807, 2.05) is 66.7 Å². The quantitative estimate of drug-likeness (QED) is 0.357. The summed E-state index contributed by atoms with van der Waals surface area (Å²) in [6.45, 7) is 0. The van der Waals surface area contributed by atoms with Crippen molar-refractivity contribution >= 4 is 35.1 Å². The molecule has 1 heterocycles. The van der Waals surface area contributed by atoms with Gasteiger partial charge >= 0.3 is 0 Å². The number of aromatic nitrogens is 2. The molecule has 0 saturated carbocycles. The van der Waals surface area contributed by atoms with Crippen LogP contribution < -0.4 is 16.2 Å². The minimum Gasteiger partial charge on any atom is -0.287 e. The van der Waals surface area contributed by atoms with Crippen LogP contribution in [0.3, 0.4) is 0 Å². The molecule has 152 valence electrons. The van der Waals surface area contributed by atoms with Gasteiger partial charge in [0.15, 0.2) is 11.6 Å². The molecule has 0 aliphatic rings. The highest BCUT2D eigenvalue weighted by atomic mass is 31.1. The van der Waals surface area contributed by atoms with Gasteiger partial charge in [0, 0.05) is 20.1 Å². The second-order valence-corrected chi connectivity index (χ2v) is 9.06. The molecule has 0 fully saturated rings. The minimum atomic E-state index is -1.24. The van der Waals surface area contributed by atoms with Crippen LogP contribution in [-0.4, -0.2) is 9.55 Å². The van der Waals surface area contributed by atoms with Crippen molar-refractivity contribution < 1.29 is 13.2 Å². The first-order valence-electron chi connectivity index (χ1n) is 9.66. The van der Waals surface area contributed by atoms with Crippen molar-refractivity contribution in [2.75, 3.05) is 0 Å². The van der Waals surface area contributed by atoms with Gasteiger partial charge in [-0.2, -0.15) is 0 Å². The lowest BCUT2D eigenvalue weighted by Gasteiger charge is -2.20. The second kappa shape index (κ2) is 8.01. The van der Waals surface area contributed by atoms with Crippen molar-refractivity contribution in [2.24, 2.45) is 0 Å². The van der Waals surface area contributed by atoms with Gasteiger partial charge in [0.1, 0.15) is 17.1 Å². The summed E-state index contributed by atoms with van der Waals surface area (Å²) in [6, 6.07) is 28.1. The predicted octanol–water partition coefficient (Wildman–Crippen LogP) is 5.20. The summed E-state index contributed by atoms with van der Waals surface area (Å²) in [5.74, 6) is -2.91. The fourth-order valence-electron chi connectivity index (χ4n) is 3.67. The molecule has 0 radical (unpaired) electrons. The summed E-state index contributed by atoms with van der Waals surface area (Å²) in [7, 11) is -1.24. The molecular weight excluding hydrogens is 416 g/mol. The zero-order valence-corrected chi connectivity index (χ0v) is 17.1. The Morgan fingerprint density at radius 3 is 1.74 bits per heavy atom. The highest BCUT2D eigenvalue weighted by molar-refractivity contribution is 7.79. The summed E-state index contributed by atoms with van der Waals surface area (Å²) in [4.78, 5) is 4.81. The van der Waals surface area contributed by atoms with E-state index in [9.17, 15) is 13.2 Å². The predicted molar refractivity (Wildman–Crippen MR) is 120 cm³/mol. The number of hydrogen-bond acceptors (Lipinski definition) is 1. The van der Waals surface area contributed by atoms with Gasteiger partial charge < -0.3 is 0 Å².